The van der Waals surface area contributed by atoms with Crippen LogP contribution in [0, 0.1) is 0 Å². The average Bonchev–Trinajstić information content (AvgIpc) is 2.18. The number of aromatic nitrogens is 2. The van der Waals surface area contributed by atoms with Gasteiger partial charge < -0.3 is 19.8 Å². The predicted molar refractivity (Wildman–Crippen MR) is 44.0 cm³/mol. The van der Waals surface area contributed by atoms with Crippen LogP contribution in [0.25, 0.3) is 0 Å². The molecule has 0 amide bonds. The van der Waals surface area contributed by atoms with Gasteiger partial charge in [-0.1, -0.05) is 0 Å². The van der Waals surface area contributed by atoms with Gasteiger partial charge in [-0.3, -0.25) is 0 Å². The maximum absolute atomic E-state index is 10.9. The zero-order valence-corrected chi connectivity index (χ0v) is 13.5. The fourth-order valence-corrected chi connectivity index (χ4v) is 1.30. The Morgan fingerprint density at radius 1 is 1.06 bits per heavy atom. The molecule has 2 heterocycles. The largest absolute Gasteiger partial charge is 1.00 e. The number of rotatable bonds is 1. The molecule has 1 fully saturated rings. The fraction of sp³-hybridized carbons (Fsp3) is 0.500. The third-order valence-electron chi connectivity index (χ3n) is 1.96. The van der Waals surface area contributed by atoms with Crippen LogP contribution < -0.4 is 74.2 Å². The van der Waals surface area contributed by atoms with Crippen LogP contribution in [0.5, 0.6) is 11.8 Å². The van der Waals surface area contributed by atoms with Crippen molar-refractivity contribution in [1.29, 1.82) is 0 Å². The molecule has 0 atom stereocenters. The van der Waals surface area contributed by atoms with E-state index in [1.165, 1.54) is 0 Å². The van der Waals surface area contributed by atoms with Gasteiger partial charge in [0.05, 0.1) is 13.2 Å². The van der Waals surface area contributed by atoms with Crippen LogP contribution in [0.15, 0.2) is 6.07 Å². The van der Waals surface area contributed by atoms with E-state index in [2.05, 4.69) is 9.97 Å². The molecule has 1 aromatic rings. The zero-order chi connectivity index (χ0) is 9.97. The minimum atomic E-state index is -0.536. The molecule has 0 bridgehead atoms. The summed E-state index contributed by atoms with van der Waals surface area (Å²) in [6.45, 7) is 2.37. The van der Waals surface area contributed by atoms with Crippen LogP contribution in [0.3, 0.4) is 0 Å². The molecule has 0 aromatic carbocycles. The van der Waals surface area contributed by atoms with Crippen molar-refractivity contribution in [2.75, 3.05) is 31.2 Å². The minimum Gasteiger partial charge on any atom is -0.858 e. The quantitative estimate of drug-likeness (QED) is 0.454. The Labute approximate surface area is 138 Å². The molecule has 16 heavy (non-hydrogen) atoms. The summed E-state index contributed by atoms with van der Waals surface area (Å²) in [6, 6.07) is 0.879. The van der Waals surface area contributed by atoms with Crippen molar-refractivity contribution in [2.45, 2.75) is 0 Å². The van der Waals surface area contributed by atoms with Crippen molar-refractivity contribution < 1.29 is 74.1 Å². The normalized spacial score (nSPS) is 14.9. The van der Waals surface area contributed by atoms with Crippen molar-refractivity contribution in [3.8, 4) is 11.8 Å². The first-order chi connectivity index (χ1) is 6.75. The molecule has 1 saturated heterocycles. The summed E-state index contributed by atoms with van der Waals surface area (Å²) < 4.78 is 5.13. The Bertz CT molecular complexity index is 314. The van der Waals surface area contributed by atoms with Crippen molar-refractivity contribution >= 4 is 5.95 Å². The molecule has 1 aliphatic heterocycles. The summed E-state index contributed by atoms with van der Waals surface area (Å²) in [5.74, 6) is -0.858. The molecule has 0 unspecified atom stereocenters. The van der Waals surface area contributed by atoms with Crippen molar-refractivity contribution in [2.24, 2.45) is 0 Å². The SMILES string of the molecule is [Na+].[Na+].[O-]c1cc([O-])nc(N2CCOCC2)n1. The smallest absolute Gasteiger partial charge is 0.858 e. The van der Waals surface area contributed by atoms with Gasteiger partial charge in [-0.15, -0.1) is 0 Å². The van der Waals surface area contributed by atoms with E-state index in [1.807, 2.05) is 0 Å². The number of anilines is 1. The van der Waals surface area contributed by atoms with Crippen LogP contribution in [0.1, 0.15) is 0 Å². The summed E-state index contributed by atoms with van der Waals surface area (Å²) in [5, 5.41) is 21.9. The van der Waals surface area contributed by atoms with Crippen LogP contribution in [-0.4, -0.2) is 36.3 Å². The molecule has 0 saturated carbocycles. The van der Waals surface area contributed by atoms with Gasteiger partial charge >= 0.3 is 59.1 Å². The molecule has 6 nitrogen and oxygen atoms in total. The summed E-state index contributed by atoms with van der Waals surface area (Å²) in [6.07, 6.45) is 0. The van der Waals surface area contributed by atoms with Gasteiger partial charge in [0.15, 0.2) is 0 Å². The van der Waals surface area contributed by atoms with Gasteiger partial charge in [-0.25, -0.2) is 9.97 Å². The Balaban J connectivity index is 0.00000112. The van der Waals surface area contributed by atoms with E-state index in [-0.39, 0.29) is 65.1 Å². The Morgan fingerprint density at radius 2 is 1.56 bits per heavy atom. The molecule has 1 aliphatic rings. The van der Waals surface area contributed by atoms with Crippen LogP contribution in [-0.2, 0) is 4.74 Å². The maximum atomic E-state index is 10.9. The molecular formula is C8H9N3Na2O3. The van der Waals surface area contributed by atoms with Gasteiger partial charge in [0.25, 0.3) is 0 Å². The van der Waals surface area contributed by atoms with Crippen molar-refractivity contribution in [3.63, 3.8) is 0 Å². The van der Waals surface area contributed by atoms with Crippen LogP contribution >= 0.6 is 0 Å². The number of hydrogen-bond donors (Lipinski definition) is 0. The van der Waals surface area contributed by atoms with Gasteiger partial charge in [0.1, 0.15) is 0 Å². The standard InChI is InChI=1S/C8H11N3O3.2Na/c12-6-5-7(13)10-8(9-6)11-1-3-14-4-2-11;;/h5H,1-4H2,(H2,9,10,12,13);;/q;2*+1/p-2. The summed E-state index contributed by atoms with van der Waals surface area (Å²) in [5.41, 5.74) is 0. The van der Waals surface area contributed by atoms with Gasteiger partial charge in [-0.2, -0.15) is 0 Å². The second-order valence-corrected chi connectivity index (χ2v) is 2.94. The minimum absolute atomic E-state index is 0. The van der Waals surface area contributed by atoms with E-state index in [4.69, 9.17) is 4.74 Å². The van der Waals surface area contributed by atoms with Crippen molar-refractivity contribution in [3.05, 3.63) is 6.07 Å². The first-order valence-electron chi connectivity index (χ1n) is 4.31. The molecular weight excluding hydrogens is 232 g/mol. The molecule has 0 aliphatic carbocycles. The first kappa shape index (κ1) is 16.4. The zero-order valence-electron chi connectivity index (χ0n) is 9.47. The Kier molecular flexibility index (Phi) is 7.92. The average molecular weight is 241 g/mol. The van der Waals surface area contributed by atoms with Crippen molar-refractivity contribution in [1.82, 2.24) is 9.97 Å². The molecule has 8 heteroatoms. The third-order valence-corrected chi connectivity index (χ3v) is 1.96. The number of morpholine rings is 1. The van der Waals surface area contributed by atoms with Gasteiger partial charge in [-0.05, 0) is 17.8 Å². The first-order valence-corrected chi connectivity index (χ1v) is 4.31. The molecule has 1 aromatic heterocycles. The van der Waals surface area contributed by atoms with E-state index in [0.29, 0.717) is 26.3 Å². The fourth-order valence-electron chi connectivity index (χ4n) is 1.30. The van der Waals surface area contributed by atoms with E-state index in [9.17, 15) is 10.2 Å². The van der Waals surface area contributed by atoms with Gasteiger partial charge in [0.2, 0.25) is 5.95 Å². The topological polar surface area (TPSA) is 84.4 Å². The summed E-state index contributed by atoms with van der Waals surface area (Å²) in [4.78, 5) is 9.09. The number of hydrogen-bond acceptors (Lipinski definition) is 6. The molecule has 0 spiro atoms. The number of ether oxygens (including phenoxy) is 1. The third kappa shape index (κ3) is 4.37. The molecule has 0 radical (unpaired) electrons. The predicted octanol–water partition coefficient (Wildman–Crippen LogP) is -7.53. The van der Waals surface area contributed by atoms with E-state index in [0.717, 1.165) is 6.07 Å². The molecule has 2 rings (SSSR count). The second kappa shape index (κ2) is 7.71. The van der Waals surface area contributed by atoms with E-state index >= 15 is 0 Å². The summed E-state index contributed by atoms with van der Waals surface area (Å²) >= 11 is 0. The number of nitrogens with zero attached hydrogens (tertiary/aromatic N) is 3. The van der Waals surface area contributed by atoms with E-state index in [1.54, 1.807) is 4.90 Å². The second-order valence-electron chi connectivity index (χ2n) is 2.94. The Morgan fingerprint density at radius 3 is 2.06 bits per heavy atom. The maximum Gasteiger partial charge on any atom is 1.00 e. The van der Waals surface area contributed by atoms with E-state index < -0.39 is 11.8 Å². The monoisotopic (exact) mass is 241 g/mol. The van der Waals surface area contributed by atoms with Gasteiger partial charge in [0, 0.05) is 13.1 Å². The van der Waals surface area contributed by atoms with Crippen LogP contribution in [0.2, 0.25) is 0 Å². The Hall–Kier alpha value is 0.440. The summed E-state index contributed by atoms with van der Waals surface area (Å²) in [7, 11) is 0. The molecule has 0 N–H and O–H groups in total. The van der Waals surface area contributed by atoms with Crippen LogP contribution in [0.4, 0.5) is 5.95 Å². The molecule has 76 valence electrons.